The van der Waals surface area contributed by atoms with Gasteiger partial charge in [0.15, 0.2) is 0 Å². The Morgan fingerprint density at radius 3 is 1.85 bits per heavy atom. The van der Waals surface area contributed by atoms with Crippen molar-refractivity contribution in [1.82, 2.24) is 16.0 Å². The minimum Gasteiger partial charge on any atom is -0.480 e. The zero-order valence-corrected chi connectivity index (χ0v) is 18.8. The van der Waals surface area contributed by atoms with Gasteiger partial charge in [-0.2, -0.15) is 0 Å². The van der Waals surface area contributed by atoms with E-state index in [1.165, 1.54) is 6.92 Å². The second-order valence-electron chi connectivity index (χ2n) is 7.89. The normalized spacial score (nSPS) is 14.2. The van der Waals surface area contributed by atoms with Crippen molar-refractivity contribution in [3.05, 3.63) is 71.8 Å². The molecule has 10 nitrogen and oxygen atoms in total. The molecular weight excluding hydrogens is 440 g/mol. The maximum absolute atomic E-state index is 12.9. The summed E-state index contributed by atoms with van der Waals surface area (Å²) >= 11 is 0. The van der Waals surface area contributed by atoms with E-state index < -0.39 is 54.5 Å². The Bertz CT molecular complexity index is 968. The van der Waals surface area contributed by atoms with Gasteiger partial charge in [-0.3, -0.25) is 19.2 Å². The Kier molecular flexibility index (Phi) is 10.2. The van der Waals surface area contributed by atoms with E-state index >= 15 is 0 Å². The molecule has 0 aliphatic heterocycles. The number of benzene rings is 2. The number of carbonyl (C=O) groups is 4. The predicted molar refractivity (Wildman–Crippen MR) is 124 cm³/mol. The van der Waals surface area contributed by atoms with E-state index in [0.29, 0.717) is 0 Å². The van der Waals surface area contributed by atoms with Crippen molar-refractivity contribution in [3.8, 4) is 0 Å². The highest BCUT2D eigenvalue weighted by atomic mass is 16.4. The zero-order valence-electron chi connectivity index (χ0n) is 18.8. The van der Waals surface area contributed by atoms with E-state index in [1.807, 2.05) is 30.3 Å². The van der Waals surface area contributed by atoms with Gasteiger partial charge in [0.1, 0.15) is 18.6 Å². The quantitative estimate of drug-likeness (QED) is 0.239. The highest BCUT2D eigenvalue weighted by Gasteiger charge is 2.31. The van der Waals surface area contributed by atoms with Crippen LogP contribution >= 0.6 is 0 Å². The third-order valence-electron chi connectivity index (χ3n) is 5.03. The monoisotopic (exact) mass is 470 g/mol. The molecule has 0 unspecified atom stereocenters. The largest absolute Gasteiger partial charge is 0.480 e. The highest BCUT2D eigenvalue weighted by molar-refractivity contribution is 5.94. The van der Waals surface area contributed by atoms with Crippen LogP contribution in [0.5, 0.6) is 0 Å². The molecule has 10 heteroatoms. The molecule has 4 atom stereocenters. The SMILES string of the molecule is C[C@@H](O)[C@H](NC(=O)[C@@H](N)Cc1ccccc1)C(=O)N[C@@H](Cc1ccccc1)C(=O)NCC(=O)O. The van der Waals surface area contributed by atoms with Crippen LogP contribution in [0.1, 0.15) is 18.1 Å². The molecule has 2 aromatic carbocycles. The number of nitrogens with one attached hydrogen (secondary N) is 3. The number of aliphatic carboxylic acids is 1. The molecule has 2 aromatic rings. The van der Waals surface area contributed by atoms with Crippen LogP contribution < -0.4 is 21.7 Å². The van der Waals surface area contributed by atoms with Gasteiger partial charge in [0.2, 0.25) is 17.7 Å². The molecule has 0 spiro atoms. The second-order valence-corrected chi connectivity index (χ2v) is 7.89. The van der Waals surface area contributed by atoms with Crippen LogP contribution in [0.25, 0.3) is 0 Å². The topological polar surface area (TPSA) is 171 Å². The number of carboxylic acids is 1. The molecule has 3 amide bonds. The summed E-state index contributed by atoms with van der Waals surface area (Å²) in [5.74, 6) is -3.39. The first-order valence-electron chi connectivity index (χ1n) is 10.8. The minimum atomic E-state index is -1.38. The average molecular weight is 471 g/mol. The number of hydrogen-bond donors (Lipinski definition) is 6. The van der Waals surface area contributed by atoms with Crippen molar-refractivity contribution >= 4 is 23.7 Å². The lowest BCUT2D eigenvalue weighted by atomic mass is 10.0. The Morgan fingerprint density at radius 1 is 0.824 bits per heavy atom. The zero-order chi connectivity index (χ0) is 25.1. The van der Waals surface area contributed by atoms with Crippen LogP contribution in [0.3, 0.4) is 0 Å². The van der Waals surface area contributed by atoms with Crippen LogP contribution in [-0.2, 0) is 32.0 Å². The molecular formula is C24H30N4O6. The van der Waals surface area contributed by atoms with Gasteiger partial charge in [-0.25, -0.2) is 0 Å². The molecule has 0 bridgehead atoms. The highest BCUT2D eigenvalue weighted by Crippen LogP contribution is 2.06. The number of aliphatic hydroxyl groups excluding tert-OH is 1. The fourth-order valence-corrected chi connectivity index (χ4v) is 3.23. The molecule has 7 N–H and O–H groups in total. The summed E-state index contributed by atoms with van der Waals surface area (Å²) in [5.41, 5.74) is 7.53. The summed E-state index contributed by atoms with van der Waals surface area (Å²) in [7, 11) is 0. The van der Waals surface area contributed by atoms with Crippen molar-refractivity contribution in [1.29, 1.82) is 0 Å². The number of carbonyl (C=O) groups excluding carboxylic acids is 3. The standard InChI is InChI=1S/C24H30N4O6/c1-15(29)21(28-22(32)18(25)12-16-8-4-2-5-9-16)24(34)27-19(23(33)26-14-20(30)31)13-17-10-6-3-7-11-17/h2-11,15,18-19,21,29H,12-14,25H2,1H3,(H,26,33)(H,27,34)(H,28,32)(H,30,31)/t15-,18+,19+,21+/m1/s1. The van der Waals surface area contributed by atoms with E-state index in [4.69, 9.17) is 10.8 Å². The first-order valence-corrected chi connectivity index (χ1v) is 10.8. The van der Waals surface area contributed by atoms with E-state index in [-0.39, 0.29) is 12.8 Å². The summed E-state index contributed by atoms with van der Waals surface area (Å²) in [5, 5.41) is 26.2. The maximum atomic E-state index is 12.9. The first-order chi connectivity index (χ1) is 16.2. The van der Waals surface area contributed by atoms with Crippen LogP contribution in [-0.4, -0.2) is 64.7 Å². The molecule has 0 saturated carbocycles. The number of amides is 3. The molecule has 0 aliphatic carbocycles. The van der Waals surface area contributed by atoms with Crippen LogP contribution in [0.2, 0.25) is 0 Å². The number of carboxylic acid groups (broad SMARTS) is 1. The average Bonchev–Trinajstić information content (AvgIpc) is 2.81. The van der Waals surface area contributed by atoms with Gasteiger partial charge in [-0.15, -0.1) is 0 Å². The van der Waals surface area contributed by atoms with E-state index in [9.17, 15) is 24.3 Å². The second kappa shape index (κ2) is 13.1. The number of aliphatic hydroxyl groups is 1. The van der Waals surface area contributed by atoms with Gasteiger partial charge in [-0.1, -0.05) is 60.7 Å². The van der Waals surface area contributed by atoms with Crippen molar-refractivity contribution in [3.63, 3.8) is 0 Å². The fraction of sp³-hybridized carbons (Fsp3) is 0.333. The third kappa shape index (κ3) is 8.64. The molecule has 0 aromatic heterocycles. The van der Waals surface area contributed by atoms with Gasteiger partial charge in [0.05, 0.1) is 12.1 Å². The molecule has 0 aliphatic rings. The summed E-state index contributed by atoms with van der Waals surface area (Å²) in [6, 6.07) is 14.4. The molecule has 0 fully saturated rings. The lowest BCUT2D eigenvalue weighted by molar-refractivity contribution is -0.138. The molecule has 34 heavy (non-hydrogen) atoms. The fourth-order valence-electron chi connectivity index (χ4n) is 3.23. The summed E-state index contributed by atoms with van der Waals surface area (Å²) in [4.78, 5) is 48.9. The summed E-state index contributed by atoms with van der Waals surface area (Å²) in [6.07, 6.45) is -0.978. The Morgan fingerprint density at radius 2 is 1.35 bits per heavy atom. The maximum Gasteiger partial charge on any atom is 0.322 e. The molecule has 0 heterocycles. The van der Waals surface area contributed by atoms with Gasteiger partial charge >= 0.3 is 5.97 Å². The smallest absolute Gasteiger partial charge is 0.322 e. The van der Waals surface area contributed by atoms with Gasteiger partial charge in [-0.05, 0) is 24.5 Å². The summed E-state index contributed by atoms with van der Waals surface area (Å²) in [6.45, 7) is 0.703. The van der Waals surface area contributed by atoms with Crippen molar-refractivity contribution in [2.24, 2.45) is 5.73 Å². The molecule has 182 valence electrons. The predicted octanol–water partition coefficient (Wildman–Crippen LogP) is -0.650. The van der Waals surface area contributed by atoms with Crippen LogP contribution in [0.15, 0.2) is 60.7 Å². The minimum absolute atomic E-state index is 0.0754. The van der Waals surface area contributed by atoms with E-state index in [2.05, 4.69) is 16.0 Å². The Hall–Kier alpha value is -3.76. The third-order valence-corrected chi connectivity index (χ3v) is 5.03. The van der Waals surface area contributed by atoms with Gasteiger partial charge in [0.25, 0.3) is 0 Å². The van der Waals surface area contributed by atoms with Gasteiger partial charge in [0, 0.05) is 6.42 Å². The van der Waals surface area contributed by atoms with E-state index in [1.54, 1.807) is 30.3 Å². The van der Waals surface area contributed by atoms with Crippen molar-refractivity contribution < 1.29 is 29.4 Å². The van der Waals surface area contributed by atoms with Crippen LogP contribution in [0.4, 0.5) is 0 Å². The summed E-state index contributed by atoms with van der Waals surface area (Å²) < 4.78 is 0. The number of hydrogen-bond acceptors (Lipinski definition) is 6. The lowest BCUT2D eigenvalue weighted by Crippen LogP contribution is -2.59. The lowest BCUT2D eigenvalue weighted by Gasteiger charge is -2.25. The van der Waals surface area contributed by atoms with Crippen molar-refractivity contribution in [2.45, 2.75) is 44.0 Å². The first kappa shape index (κ1) is 26.5. The van der Waals surface area contributed by atoms with Gasteiger partial charge < -0.3 is 31.9 Å². The molecule has 0 radical (unpaired) electrons. The van der Waals surface area contributed by atoms with E-state index in [0.717, 1.165) is 11.1 Å². The van der Waals surface area contributed by atoms with Crippen molar-refractivity contribution in [2.75, 3.05) is 6.54 Å². The molecule has 0 saturated heterocycles. The van der Waals surface area contributed by atoms with Crippen LogP contribution in [0, 0.1) is 0 Å². The molecule has 2 rings (SSSR count). The number of nitrogens with two attached hydrogens (primary N) is 1. The Labute approximate surface area is 197 Å². The number of rotatable bonds is 12. The Balaban J connectivity index is 2.09.